The molecule has 8 heavy (non-hydrogen) atoms. The summed E-state index contributed by atoms with van der Waals surface area (Å²) in [5.74, 6) is -1.15. The van der Waals surface area contributed by atoms with Crippen LogP contribution in [0.25, 0.3) is 0 Å². The van der Waals surface area contributed by atoms with E-state index in [0.717, 1.165) is 0 Å². The molecule has 1 unspecified atom stereocenters. The van der Waals surface area contributed by atoms with Gasteiger partial charge in [-0.3, -0.25) is 0 Å². The van der Waals surface area contributed by atoms with Gasteiger partial charge in [-0.2, -0.15) is 0 Å². The van der Waals surface area contributed by atoms with Crippen molar-refractivity contribution in [2.45, 2.75) is 18.9 Å². The first kappa shape index (κ1) is 5.56. The van der Waals surface area contributed by atoms with Crippen molar-refractivity contribution < 1.29 is 15.0 Å². The second kappa shape index (κ2) is 1.23. The normalized spacial score (nSPS) is 44.0. The van der Waals surface area contributed by atoms with Gasteiger partial charge in [0.2, 0.25) is 0 Å². The van der Waals surface area contributed by atoms with Gasteiger partial charge in [-0.05, 0) is 12.3 Å². The average Bonchev–Trinajstić information content (AvgIpc) is 2.17. The molecule has 2 atom stereocenters. The van der Waals surface area contributed by atoms with Crippen molar-refractivity contribution in [1.82, 2.24) is 0 Å². The van der Waals surface area contributed by atoms with Crippen molar-refractivity contribution in [1.29, 1.82) is 0 Å². The molecule has 0 aliphatic heterocycles. The number of aliphatic hydroxyl groups is 1. The molecular weight excluding hydrogens is 108 g/mol. The maximum atomic E-state index is 10.0. The van der Waals surface area contributed by atoms with Crippen LogP contribution < -0.4 is 0 Å². The van der Waals surface area contributed by atoms with E-state index >= 15 is 0 Å². The summed E-state index contributed by atoms with van der Waals surface area (Å²) in [6.07, 6.45) is 0.405. The van der Waals surface area contributed by atoms with Crippen LogP contribution in [-0.2, 0) is 4.79 Å². The van der Waals surface area contributed by atoms with Crippen LogP contribution in [0.2, 0.25) is 0 Å². The third-order valence-electron chi connectivity index (χ3n) is 1.64. The van der Waals surface area contributed by atoms with E-state index in [0.29, 0.717) is 6.42 Å². The second-order valence-corrected chi connectivity index (χ2v) is 2.33. The van der Waals surface area contributed by atoms with Crippen LogP contribution >= 0.6 is 0 Å². The Bertz CT molecular complexity index is 132. The van der Waals surface area contributed by atoms with Crippen molar-refractivity contribution >= 4 is 5.97 Å². The van der Waals surface area contributed by atoms with Gasteiger partial charge in [0.15, 0.2) is 5.60 Å². The zero-order valence-corrected chi connectivity index (χ0v) is 4.59. The summed E-state index contributed by atoms with van der Waals surface area (Å²) in [5, 5.41) is 17.1. The van der Waals surface area contributed by atoms with Crippen molar-refractivity contribution in [3.8, 4) is 0 Å². The predicted molar refractivity (Wildman–Crippen MR) is 26.4 cm³/mol. The third-order valence-corrected chi connectivity index (χ3v) is 1.64. The van der Waals surface area contributed by atoms with Crippen molar-refractivity contribution in [2.24, 2.45) is 5.92 Å². The Labute approximate surface area is 46.9 Å². The molecule has 3 nitrogen and oxygen atoms in total. The smallest absolute Gasteiger partial charge is 0.335 e. The summed E-state index contributed by atoms with van der Waals surface area (Å²) in [5.41, 5.74) is -1.38. The zero-order chi connectivity index (χ0) is 6.36. The highest BCUT2D eigenvalue weighted by atomic mass is 16.4. The van der Waals surface area contributed by atoms with Gasteiger partial charge >= 0.3 is 5.97 Å². The first-order valence-corrected chi connectivity index (χ1v) is 2.53. The number of aliphatic carboxylic acids is 1. The SMILES string of the molecule is C[C@H]1CC1(O)C(=O)O. The maximum absolute atomic E-state index is 10.0. The van der Waals surface area contributed by atoms with Gasteiger partial charge in [-0.15, -0.1) is 0 Å². The van der Waals surface area contributed by atoms with Crippen molar-refractivity contribution in [3.05, 3.63) is 0 Å². The quantitative estimate of drug-likeness (QED) is 0.500. The van der Waals surface area contributed by atoms with Crippen LogP contribution in [0.3, 0.4) is 0 Å². The van der Waals surface area contributed by atoms with Crippen LogP contribution in [0.1, 0.15) is 13.3 Å². The van der Waals surface area contributed by atoms with Crippen LogP contribution in [-0.4, -0.2) is 21.8 Å². The molecule has 0 amide bonds. The monoisotopic (exact) mass is 116 g/mol. The fourth-order valence-electron chi connectivity index (χ4n) is 0.706. The Balaban J connectivity index is 2.60. The molecule has 46 valence electrons. The summed E-state index contributed by atoms with van der Waals surface area (Å²) >= 11 is 0. The Kier molecular flexibility index (Phi) is 0.854. The molecule has 0 saturated heterocycles. The number of carboxylic acids is 1. The Morgan fingerprint density at radius 2 is 2.25 bits per heavy atom. The minimum Gasteiger partial charge on any atom is -0.479 e. The van der Waals surface area contributed by atoms with Gasteiger partial charge in [0, 0.05) is 0 Å². The largest absolute Gasteiger partial charge is 0.479 e. The van der Waals surface area contributed by atoms with Crippen molar-refractivity contribution in [2.75, 3.05) is 0 Å². The highest BCUT2D eigenvalue weighted by molar-refractivity contribution is 5.81. The first-order valence-electron chi connectivity index (χ1n) is 2.53. The highest BCUT2D eigenvalue weighted by Crippen LogP contribution is 2.42. The summed E-state index contributed by atoms with van der Waals surface area (Å²) in [4.78, 5) is 10.0. The topological polar surface area (TPSA) is 57.5 Å². The Hall–Kier alpha value is -0.570. The lowest BCUT2D eigenvalue weighted by atomic mass is 10.3. The van der Waals surface area contributed by atoms with E-state index in [-0.39, 0.29) is 5.92 Å². The van der Waals surface area contributed by atoms with Crippen molar-refractivity contribution in [3.63, 3.8) is 0 Å². The van der Waals surface area contributed by atoms with Gasteiger partial charge in [-0.1, -0.05) is 6.92 Å². The molecule has 2 N–H and O–H groups in total. The minimum atomic E-state index is -1.38. The van der Waals surface area contributed by atoms with E-state index in [1.807, 2.05) is 0 Å². The predicted octanol–water partition coefficient (Wildman–Crippen LogP) is -0.158. The third kappa shape index (κ3) is 0.512. The average molecular weight is 116 g/mol. The minimum absolute atomic E-state index is 0.0556. The summed E-state index contributed by atoms with van der Waals surface area (Å²) in [6, 6.07) is 0. The lowest BCUT2D eigenvalue weighted by Crippen LogP contribution is -2.22. The van der Waals surface area contributed by atoms with Gasteiger partial charge in [-0.25, -0.2) is 4.79 Å². The molecule has 1 fully saturated rings. The molecule has 0 spiro atoms. The van der Waals surface area contributed by atoms with Crippen LogP contribution in [0.15, 0.2) is 0 Å². The summed E-state index contributed by atoms with van der Waals surface area (Å²) < 4.78 is 0. The molecule has 0 aromatic heterocycles. The number of hydrogen-bond acceptors (Lipinski definition) is 2. The van der Waals surface area contributed by atoms with E-state index < -0.39 is 11.6 Å². The Morgan fingerprint density at radius 3 is 2.25 bits per heavy atom. The highest BCUT2D eigenvalue weighted by Gasteiger charge is 2.56. The molecule has 1 aliphatic rings. The fraction of sp³-hybridized carbons (Fsp3) is 0.800. The van der Waals surface area contributed by atoms with E-state index in [1.54, 1.807) is 6.92 Å². The molecule has 0 aromatic carbocycles. The molecule has 0 aromatic rings. The molecule has 1 rings (SSSR count). The van der Waals surface area contributed by atoms with E-state index in [9.17, 15) is 4.79 Å². The van der Waals surface area contributed by atoms with Gasteiger partial charge in [0.25, 0.3) is 0 Å². The molecule has 0 bridgehead atoms. The standard InChI is InChI=1S/C5H8O3/c1-3-2-5(3,8)4(6)7/h3,8H,2H2,1H3,(H,6,7)/t3-,5?/m0/s1. The van der Waals surface area contributed by atoms with Crippen LogP contribution in [0.4, 0.5) is 0 Å². The molecule has 0 heterocycles. The first-order chi connectivity index (χ1) is 3.57. The second-order valence-electron chi connectivity index (χ2n) is 2.33. The van der Waals surface area contributed by atoms with Gasteiger partial charge in [0.05, 0.1) is 0 Å². The molecule has 3 heteroatoms. The van der Waals surface area contributed by atoms with Crippen LogP contribution in [0.5, 0.6) is 0 Å². The lowest BCUT2D eigenvalue weighted by Gasteiger charge is -1.97. The molecule has 1 saturated carbocycles. The molecule has 0 radical (unpaired) electrons. The number of hydrogen-bond donors (Lipinski definition) is 2. The van der Waals surface area contributed by atoms with E-state index in [2.05, 4.69) is 0 Å². The lowest BCUT2D eigenvalue weighted by molar-refractivity contribution is -0.149. The number of rotatable bonds is 1. The van der Waals surface area contributed by atoms with Crippen LogP contribution in [0, 0.1) is 5.92 Å². The van der Waals surface area contributed by atoms with E-state index in [1.165, 1.54) is 0 Å². The van der Waals surface area contributed by atoms with Gasteiger partial charge < -0.3 is 10.2 Å². The number of carboxylic acid groups (broad SMARTS) is 1. The zero-order valence-electron chi connectivity index (χ0n) is 4.59. The summed E-state index contributed by atoms with van der Waals surface area (Å²) in [6.45, 7) is 1.72. The van der Waals surface area contributed by atoms with Gasteiger partial charge in [0.1, 0.15) is 0 Å². The Morgan fingerprint density at radius 1 is 1.88 bits per heavy atom. The number of carbonyl (C=O) groups is 1. The molecular formula is C5H8O3. The molecule has 1 aliphatic carbocycles. The maximum Gasteiger partial charge on any atom is 0.335 e. The van der Waals surface area contributed by atoms with E-state index in [4.69, 9.17) is 10.2 Å². The fourth-order valence-corrected chi connectivity index (χ4v) is 0.706. The summed E-state index contributed by atoms with van der Waals surface area (Å²) in [7, 11) is 0.